The first-order valence-electron chi connectivity index (χ1n) is 10.5. The Morgan fingerprint density at radius 1 is 1.17 bits per heavy atom. The summed E-state index contributed by atoms with van der Waals surface area (Å²) in [5, 5.41) is 6.85. The normalized spacial score (nSPS) is 12.5. The van der Waals surface area contributed by atoms with Crippen LogP contribution in [0.3, 0.4) is 0 Å². The quantitative estimate of drug-likeness (QED) is 0.239. The number of aliphatic imine (C=N–C) groups is 1. The molecule has 0 spiro atoms. The van der Waals surface area contributed by atoms with Gasteiger partial charge in [-0.2, -0.15) is 0 Å². The van der Waals surface area contributed by atoms with Gasteiger partial charge in [0.2, 0.25) is 0 Å². The molecule has 0 aliphatic heterocycles. The second-order valence-corrected chi connectivity index (χ2v) is 7.02. The summed E-state index contributed by atoms with van der Waals surface area (Å²) in [4.78, 5) is 15.0. The van der Waals surface area contributed by atoms with Crippen molar-refractivity contribution in [3.8, 4) is 11.3 Å². The lowest BCUT2D eigenvalue weighted by atomic mass is 10.2. The van der Waals surface area contributed by atoms with E-state index in [1.807, 2.05) is 24.4 Å². The summed E-state index contributed by atoms with van der Waals surface area (Å²) in [6, 6.07) is 10.6. The van der Waals surface area contributed by atoms with Gasteiger partial charge in [0.25, 0.3) is 0 Å². The van der Waals surface area contributed by atoms with E-state index >= 15 is 0 Å². The van der Waals surface area contributed by atoms with E-state index in [2.05, 4.69) is 65.3 Å². The van der Waals surface area contributed by atoms with Crippen molar-refractivity contribution in [2.24, 2.45) is 4.99 Å². The van der Waals surface area contributed by atoms with Crippen LogP contribution in [0.15, 0.2) is 41.5 Å². The number of hydrogen-bond donors (Lipinski definition) is 3. The first-order valence-corrected chi connectivity index (χ1v) is 10.5. The molecule has 1 unspecified atom stereocenters. The minimum absolute atomic E-state index is 0. The van der Waals surface area contributed by atoms with E-state index in [0.717, 1.165) is 55.6 Å². The molecule has 2 aromatic rings. The van der Waals surface area contributed by atoms with Crippen LogP contribution in [-0.2, 0) is 6.54 Å². The fourth-order valence-electron chi connectivity index (χ4n) is 3.15. The van der Waals surface area contributed by atoms with Crippen LogP contribution in [-0.4, -0.2) is 53.0 Å². The molecule has 1 aromatic carbocycles. The first kappa shape index (κ1) is 25.4. The number of nitrogens with one attached hydrogen (secondary N) is 3. The second-order valence-electron chi connectivity index (χ2n) is 7.02. The van der Waals surface area contributed by atoms with Crippen molar-refractivity contribution < 1.29 is 0 Å². The van der Waals surface area contributed by atoms with Crippen LogP contribution in [0.5, 0.6) is 0 Å². The largest absolute Gasteiger partial charge is 0.357 e. The fourth-order valence-corrected chi connectivity index (χ4v) is 3.15. The standard InChI is InChI=1S/C22H36N6.HI/c1-5-23-22(26-18(4)12-11-15-28(6-2)7-3)25-17-21-24-16-20(27-21)19-13-9-8-10-14-19;/h8-10,13-14,16,18H,5-7,11-12,15,17H2,1-4H3,(H,24,27)(H2,23,25,26);1H. The lowest BCUT2D eigenvalue weighted by Gasteiger charge is -2.21. The van der Waals surface area contributed by atoms with Crippen molar-refractivity contribution in [3.05, 3.63) is 42.4 Å². The first-order chi connectivity index (χ1) is 13.7. The van der Waals surface area contributed by atoms with Gasteiger partial charge in [0, 0.05) is 12.6 Å². The topological polar surface area (TPSA) is 68.3 Å². The summed E-state index contributed by atoms with van der Waals surface area (Å²) in [5.74, 6) is 1.71. The summed E-state index contributed by atoms with van der Waals surface area (Å²) in [6.45, 7) is 13.5. The molecule has 0 saturated carbocycles. The summed E-state index contributed by atoms with van der Waals surface area (Å²) in [7, 11) is 0. The maximum Gasteiger partial charge on any atom is 0.191 e. The van der Waals surface area contributed by atoms with E-state index < -0.39 is 0 Å². The highest BCUT2D eigenvalue weighted by atomic mass is 127. The molecule has 0 fully saturated rings. The zero-order chi connectivity index (χ0) is 20.2. The summed E-state index contributed by atoms with van der Waals surface area (Å²) < 4.78 is 0. The van der Waals surface area contributed by atoms with Crippen LogP contribution < -0.4 is 10.6 Å². The number of benzene rings is 1. The van der Waals surface area contributed by atoms with Crippen LogP contribution in [0.4, 0.5) is 0 Å². The molecule has 6 nitrogen and oxygen atoms in total. The van der Waals surface area contributed by atoms with Crippen LogP contribution in [0.2, 0.25) is 0 Å². The number of rotatable bonds is 11. The number of aromatic amines is 1. The molecular formula is C22H37IN6. The Balaban J connectivity index is 0.00000420. The average Bonchev–Trinajstić information content (AvgIpc) is 3.19. The van der Waals surface area contributed by atoms with Crippen molar-refractivity contribution in [1.82, 2.24) is 25.5 Å². The molecule has 162 valence electrons. The molecule has 1 atom stereocenters. The Morgan fingerprint density at radius 3 is 2.55 bits per heavy atom. The van der Waals surface area contributed by atoms with Gasteiger partial charge < -0.3 is 20.5 Å². The minimum Gasteiger partial charge on any atom is -0.357 e. The van der Waals surface area contributed by atoms with E-state index in [1.165, 1.54) is 6.42 Å². The van der Waals surface area contributed by atoms with Crippen molar-refractivity contribution in [2.75, 3.05) is 26.2 Å². The van der Waals surface area contributed by atoms with Crippen molar-refractivity contribution in [1.29, 1.82) is 0 Å². The van der Waals surface area contributed by atoms with Gasteiger partial charge in [-0.15, -0.1) is 24.0 Å². The van der Waals surface area contributed by atoms with E-state index in [4.69, 9.17) is 4.99 Å². The molecule has 7 heteroatoms. The lowest BCUT2D eigenvalue weighted by Crippen LogP contribution is -2.42. The highest BCUT2D eigenvalue weighted by Gasteiger charge is 2.08. The number of imidazole rings is 1. The van der Waals surface area contributed by atoms with Gasteiger partial charge >= 0.3 is 0 Å². The number of aromatic nitrogens is 2. The Morgan fingerprint density at radius 2 is 1.90 bits per heavy atom. The van der Waals surface area contributed by atoms with Crippen molar-refractivity contribution in [2.45, 2.75) is 53.1 Å². The average molecular weight is 512 g/mol. The molecule has 3 N–H and O–H groups in total. The van der Waals surface area contributed by atoms with Gasteiger partial charge in [0.1, 0.15) is 12.4 Å². The molecule has 0 aliphatic carbocycles. The van der Waals surface area contributed by atoms with Crippen LogP contribution >= 0.6 is 24.0 Å². The molecule has 1 heterocycles. The van der Waals surface area contributed by atoms with Gasteiger partial charge in [-0.05, 0) is 51.9 Å². The molecule has 0 amide bonds. The predicted molar refractivity (Wildman–Crippen MR) is 134 cm³/mol. The van der Waals surface area contributed by atoms with Gasteiger partial charge in [-0.3, -0.25) is 0 Å². The highest BCUT2D eigenvalue weighted by molar-refractivity contribution is 14.0. The van der Waals surface area contributed by atoms with E-state index in [1.54, 1.807) is 0 Å². The number of nitrogens with zero attached hydrogens (tertiary/aromatic N) is 3. The predicted octanol–water partition coefficient (Wildman–Crippen LogP) is 4.26. The zero-order valence-corrected chi connectivity index (χ0v) is 20.6. The minimum atomic E-state index is 0. The van der Waals surface area contributed by atoms with Gasteiger partial charge in [0.05, 0.1) is 11.9 Å². The lowest BCUT2D eigenvalue weighted by molar-refractivity contribution is 0.292. The fraction of sp³-hybridized carbons (Fsp3) is 0.545. The summed E-state index contributed by atoms with van der Waals surface area (Å²) in [6.07, 6.45) is 4.18. The second kappa shape index (κ2) is 14.4. The third kappa shape index (κ3) is 9.16. The third-order valence-electron chi connectivity index (χ3n) is 4.83. The number of hydrogen-bond acceptors (Lipinski definition) is 3. The third-order valence-corrected chi connectivity index (χ3v) is 4.83. The van der Waals surface area contributed by atoms with Crippen LogP contribution in [0.25, 0.3) is 11.3 Å². The maximum atomic E-state index is 4.70. The number of halogens is 1. The molecule has 0 bridgehead atoms. The highest BCUT2D eigenvalue weighted by Crippen LogP contribution is 2.16. The Labute approximate surface area is 193 Å². The van der Waals surface area contributed by atoms with E-state index in [0.29, 0.717) is 12.6 Å². The number of guanidine groups is 1. The molecule has 0 aliphatic rings. The summed E-state index contributed by atoms with van der Waals surface area (Å²) in [5.41, 5.74) is 2.16. The molecule has 0 saturated heterocycles. The molecule has 2 rings (SSSR count). The van der Waals surface area contributed by atoms with Crippen LogP contribution in [0.1, 0.15) is 46.4 Å². The number of H-pyrrole nitrogens is 1. The van der Waals surface area contributed by atoms with Gasteiger partial charge in [-0.1, -0.05) is 44.2 Å². The van der Waals surface area contributed by atoms with E-state index in [-0.39, 0.29) is 24.0 Å². The SMILES string of the molecule is CCNC(=NCc1ncc(-c2ccccc2)[nH]1)NC(C)CCCN(CC)CC.I. The van der Waals surface area contributed by atoms with Crippen molar-refractivity contribution in [3.63, 3.8) is 0 Å². The molecule has 0 radical (unpaired) electrons. The van der Waals surface area contributed by atoms with Crippen LogP contribution in [0, 0.1) is 0 Å². The maximum absolute atomic E-state index is 4.70. The van der Waals surface area contributed by atoms with Gasteiger partial charge in [-0.25, -0.2) is 9.98 Å². The van der Waals surface area contributed by atoms with E-state index in [9.17, 15) is 0 Å². The Bertz CT molecular complexity index is 696. The summed E-state index contributed by atoms with van der Waals surface area (Å²) >= 11 is 0. The smallest absolute Gasteiger partial charge is 0.191 e. The van der Waals surface area contributed by atoms with Gasteiger partial charge in [0.15, 0.2) is 5.96 Å². The Hall–Kier alpha value is -1.61. The molecular weight excluding hydrogens is 475 g/mol. The Kier molecular flexibility index (Phi) is 12.6. The monoisotopic (exact) mass is 512 g/mol. The molecule has 1 aromatic heterocycles. The molecule has 29 heavy (non-hydrogen) atoms. The van der Waals surface area contributed by atoms with Crippen molar-refractivity contribution >= 4 is 29.9 Å². The zero-order valence-electron chi connectivity index (χ0n) is 18.2.